The molecule has 2 aromatic carbocycles. The molecule has 0 aliphatic heterocycles. The Balaban J connectivity index is 2.23. The van der Waals surface area contributed by atoms with Gasteiger partial charge in [-0.25, -0.2) is 0 Å². The average Bonchev–Trinajstić information content (AvgIpc) is 2.53. The predicted octanol–water partition coefficient (Wildman–Crippen LogP) is 3.43. The summed E-state index contributed by atoms with van der Waals surface area (Å²) in [6.07, 6.45) is 0. The van der Waals surface area contributed by atoms with Crippen molar-refractivity contribution in [3.05, 3.63) is 75.8 Å². The van der Waals surface area contributed by atoms with E-state index in [1.807, 2.05) is 13.0 Å². The van der Waals surface area contributed by atoms with Crippen LogP contribution in [0.5, 0.6) is 0 Å². The van der Waals surface area contributed by atoms with Crippen LogP contribution in [0.3, 0.4) is 0 Å². The molecule has 5 nitrogen and oxygen atoms in total. The SMILES string of the molecule is CC(c1cccc([N+](=O)[O-])c1)N(C)C(=O)c1ccccc1. The number of non-ortho nitro benzene ring substituents is 1. The maximum Gasteiger partial charge on any atom is 0.269 e. The molecule has 108 valence electrons. The van der Waals surface area contributed by atoms with Crippen LogP contribution in [0.4, 0.5) is 5.69 Å². The number of benzene rings is 2. The molecule has 0 radical (unpaired) electrons. The first-order chi connectivity index (χ1) is 10.0. The van der Waals surface area contributed by atoms with Crippen molar-refractivity contribution in [2.45, 2.75) is 13.0 Å². The normalized spacial score (nSPS) is 11.7. The number of rotatable bonds is 4. The molecule has 0 N–H and O–H groups in total. The van der Waals surface area contributed by atoms with Gasteiger partial charge in [0, 0.05) is 24.7 Å². The van der Waals surface area contributed by atoms with Gasteiger partial charge in [-0.05, 0) is 24.6 Å². The molecule has 21 heavy (non-hydrogen) atoms. The Hall–Kier alpha value is -2.69. The molecule has 2 aromatic rings. The van der Waals surface area contributed by atoms with Crippen molar-refractivity contribution >= 4 is 11.6 Å². The molecule has 2 rings (SSSR count). The molecule has 5 heteroatoms. The maximum absolute atomic E-state index is 12.4. The molecule has 0 bridgehead atoms. The monoisotopic (exact) mass is 284 g/mol. The zero-order valence-corrected chi connectivity index (χ0v) is 11.9. The lowest BCUT2D eigenvalue weighted by atomic mass is 10.1. The Kier molecular flexibility index (Phi) is 4.33. The summed E-state index contributed by atoms with van der Waals surface area (Å²) in [5, 5.41) is 10.8. The van der Waals surface area contributed by atoms with Gasteiger partial charge >= 0.3 is 0 Å². The highest BCUT2D eigenvalue weighted by atomic mass is 16.6. The Bertz CT molecular complexity index is 656. The molecule has 0 aliphatic carbocycles. The van der Waals surface area contributed by atoms with Gasteiger partial charge in [-0.1, -0.05) is 30.3 Å². The van der Waals surface area contributed by atoms with Crippen LogP contribution < -0.4 is 0 Å². The number of nitro benzene ring substituents is 1. The number of amides is 1. The number of nitro groups is 1. The van der Waals surface area contributed by atoms with Crippen molar-refractivity contribution in [2.24, 2.45) is 0 Å². The van der Waals surface area contributed by atoms with E-state index in [9.17, 15) is 14.9 Å². The summed E-state index contributed by atoms with van der Waals surface area (Å²) < 4.78 is 0. The topological polar surface area (TPSA) is 63.5 Å². The van der Waals surface area contributed by atoms with Crippen LogP contribution >= 0.6 is 0 Å². The smallest absolute Gasteiger partial charge is 0.269 e. The highest BCUT2D eigenvalue weighted by molar-refractivity contribution is 5.94. The van der Waals surface area contributed by atoms with E-state index in [1.165, 1.54) is 12.1 Å². The van der Waals surface area contributed by atoms with E-state index in [2.05, 4.69) is 0 Å². The van der Waals surface area contributed by atoms with Crippen molar-refractivity contribution in [3.8, 4) is 0 Å². The molecule has 0 spiro atoms. The van der Waals surface area contributed by atoms with Gasteiger partial charge < -0.3 is 4.90 Å². The van der Waals surface area contributed by atoms with Crippen LogP contribution in [-0.2, 0) is 0 Å². The van der Waals surface area contributed by atoms with E-state index in [-0.39, 0.29) is 17.6 Å². The van der Waals surface area contributed by atoms with Gasteiger partial charge in [0.1, 0.15) is 0 Å². The van der Waals surface area contributed by atoms with E-state index in [4.69, 9.17) is 0 Å². The molecule has 0 saturated carbocycles. The summed E-state index contributed by atoms with van der Waals surface area (Å²) in [6, 6.07) is 15.1. The largest absolute Gasteiger partial charge is 0.335 e. The molecular weight excluding hydrogens is 268 g/mol. The third kappa shape index (κ3) is 3.25. The molecule has 1 atom stereocenters. The summed E-state index contributed by atoms with van der Waals surface area (Å²) in [6.45, 7) is 1.85. The maximum atomic E-state index is 12.4. The van der Waals surface area contributed by atoms with Gasteiger partial charge in [0.25, 0.3) is 11.6 Å². The van der Waals surface area contributed by atoms with Crippen LogP contribution in [0, 0.1) is 10.1 Å². The number of hydrogen-bond acceptors (Lipinski definition) is 3. The summed E-state index contributed by atoms with van der Waals surface area (Å²) in [7, 11) is 1.69. The fraction of sp³-hybridized carbons (Fsp3) is 0.188. The third-order valence-corrected chi connectivity index (χ3v) is 3.49. The highest BCUT2D eigenvalue weighted by Crippen LogP contribution is 2.24. The van der Waals surface area contributed by atoms with Crippen LogP contribution in [0.2, 0.25) is 0 Å². The van der Waals surface area contributed by atoms with Gasteiger partial charge in [-0.15, -0.1) is 0 Å². The summed E-state index contributed by atoms with van der Waals surface area (Å²) in [5.41, 5.74) is 1.35. The van der Waals surface area contributed by atoms with Crippen molar-refractivity contribution in [2.75, 3.05) is 7.05 Å². The number of nitrogens with zero attached hydrogens (tertiary/aromatic N) is 2. The molecule has 0 aliphatic rings. The van der Waals surface area contributed by atoms with E-state index in [0.717, 1.165) is 5.56 Å². The van der Waals surface area contributed by atoms with Crippen molar-refractivity contribution in [1.82, 2.24) is 4.90 Å². The van der Waals surface area contributed by atoms with Gasteiger partial charge in [0.15, 0.2) is 0 Å². The van der Waals surface area contributed by atoms with Gasteiger partial charge in [-0.3, -0.25) is 14.9 Å². The average molecular weight is 284 g/mol. The minimum Gasteiger partial charge on any atom is -0.335 e. The first-order valence-corrected chi connectivity index (χ1v) is 6.57. The fourth-order valence-electron chi connectivity index (χ4n) is 2.08. The Labute approximate surface area is 123 Å². The minimum atomic E-state index is -0.435. The summed E-state index contributed by atoms with van der Waals surface area (Å²) in [4.78, 5) is 24.3. The highest BCUT2D eigenvalue weighted by Gasteiger charge is 2.20. The Morgan fingerprint density at radius 2 is 1.81 bits per heavy atom. The molecule has 0 fully saturated rings. The van der Waals surface area contributed by atoms with Crippen LogP contribution in [0.15, 0.2) is 54.6 Å². The second kappa shape index (κ2) is 6.17. The predicted molar refractivity (Wildman–Crippen MR) is 80.0 cm³/mol. The first-order valence-electron chi connectivity index (χ1n) is 6.57. The third-order valence-electron chi connectivity index (χ3n) is 3.49. The van der Waals surface area contributed by atoms with E-state index in [0.29, 0.717) is 5.56 Å². The van der Waals surface area contributed by atoms with Gasteiger partial charge in [0.2, 0.25) is 0 Å². The molecule has 0 saturated heterocycles. The molecule has 0 heterocycles. The quantitative estimate of drug-likeness (QED) is 0.638. The number of carbonyl (C=O) groups is 1. The zero-order valence-electron chi connectivity index (χ0n) is 11.9. The molecule has 1 unspecified atom stereocenters. The minimum absolute atomic E-state index is 0.0277. The Morgan fingerprint density at radius 1 is 1.14 bits per heavy atom. The Morgan fingerprint density at radius 3 is 2.43 bits per heavy atom. The fourth-order valence-corrected chi connectivity index (χ4v) is 2.08. The lowest BCUT2D eigenvalue weighted by Crippen LogP contribution is -2.29. The van der Waals surface area contributed by atoms with Crippen molar-refractivity contribution in [1.29, 1.82) is 0 Å². The second-order valence-corrected chi connectivity index (χ2v) is 4.81. The molecule has 1 amide bonds. The summed E-state index contributed by atoms with van der Waals surface area (Å²) in [5.74, 6) is -0.116. The molecular formula is C16H16N2O3. The van der Waals surface area contributed by atoms with E-state index in [1.54, 1.807) is 48.3 Å². The first kappa shape index (κ1) is 14.7. The van der Waals surface area contributed by atoms with Crippen molar-refractivity contribution in [3.63, 3.8) is 0 Å². The second-order valence-electron chi connectivity index (χ2n) is 4.81. The zero-order chi connectivity index (χ0) is 15.4. The van der Waals surface area contributed by atoms with Crippen LogP contribution in [0.25, 0.3) is 0 Å². The number of carbonyl (C=O) groups excluding carboxylic acids is 1. The van der Waals surface area contributed by atoms with Gasteiger partial charge in [-0.2, -0.15) is 0 Å². The molecule has 0 aromatic heterocycles. The van der Waals surface area contributed by atoms with Crippen molar-refractivity contribution < 1.29 is 9.72 Å². The van der Waals surface area contributed by atoms with E-state index >= 15 is 0 Å². The lowest BCUT2D eigenvalue weighted by Gasteiger charge is -2.25. The van der Waals surface area contributed by atoms with Crippen LogP contribution in [0.1, 0.15) is 28.9 Å². The van der Waals surface area contributed by atoms with Gasteiger partial charge in [0.05, 0.1) is 11.0 Å². The van der Waals surface area contributed by atoms with Crippen LogP contribution in [-0.4, -0.2) is 22.8 Å². The standard InChI is InChI=1S/C16H16N2O3/c1-12(14-9-6-10-15(11-14)18(20)21)17(2)16(19)13-7-4-3-5-8-13/h3-12H,1-2H3. The lowest BCUT2D eigenvalue weighted by molar-refractivity contribution is -0.384. The number of hydrogen-bond donors (Lipinski definition) is 0. The summed E-state index contributed by atoms with van der Waals surface area (Å²) >= 11 is 0. The van der Waals surface area contributed by atoms with E-state index < -0.39 is 4.92 Å².